The van der Waals surface area contributed by atoms with E-state index in [1.165, 1.54) is 4.31 Å². The van der Waals surface area contributed by atoms with Crippen molar-refractivity contribution in [2.75, 3.05) is 20.3 Å². The molecule has 1 aromatic rings. The first-order valence-electron chi connectivity index (χ1n) is 5.85. The van der Waals surface area contributed by atoms with Gasteiger partial charge in [-0.25, -0.2) is 8.42 Å². The van der Waals surface area contributed by atoms with Gasteiger partial charge in [0.1, 0.15) is 0 Å². The minimum absolute atomic E-state index is 0.0861. The average Bonchev–Trinajstić information content (AvgIpc) is 2.86. The van der Waals surface area contributed by atoms with Crippen molar-refractivity contribution in [3.63, 3.8) is 0 Å². The first-order valence-corrected chi connectivity index (χ1v) is 8.88. The van der Waals surface area contributed by atoms with Crippen molar-refractivity contribution in [2.24, 2.45) is 0 Å². The van der Waals surface area contributed by atoms with Gasteiger partial charge in [-0.15, -0.1) is 0 Å². The van der Waals surface area contributed by atoms with Crippen molar-refractivity contribution < 1.29 is 13.2 Å². The number of ether oxygens (including phenoxy) is 1. The quantitative estimate of drug-likeness (QED) is 0.766. The lowest BCUT2D eigenvalue weighted by Gasteiger charge is -2.23. The van der Waals surface area contributed by atoms with Gasteiger partial charge in [0.15, 0.2) is 0 Å². The number of hydrogen-bond acceptors (Lipinski definition) is 3. The summed E-state index contributed by atoms with van der Waals surface area (Å²) in [6, 6.07) is 3.36. The molecule has 7 heteroatoms. The zero-order chi connectivity index (χ0) is 14.2. The van der Waals surface area contributed by atoms with E-state index in [4.69, 9.17) is 4.74 Å². The largest absolute Gasteiger partial charge is 0.380 e. The van der Waals surface area contributed by atoms with Gasteiger partial charge in [0.25, 0.3) is 0 Å². The second-order valence-electron chi connectivity index (χ2n) is 4.57. The highest BCUT2D eigenvalue weighted by Crippen LogP contribution is 2.31. The molecule has 1 atom stereocenters. The molecule has 4 nitrogen and oxygen atoms in total. The molecule has 19 heavy (non-hydrogen) atoms. The second kappa shape index (κ2) is 5.81. The van der Waals surface area contributed by atoms with Crippen LogP contribution in [0.1, 0.15) is 12.0 Å². The minimum atomic E-state index is -3.52. The Morgan fingerprint density at radius 1 is 1.32 bits per heavy atom. The molecule has 0 aliphatic carbocycles. The van der Waals surface area contributed by atoms with E-state index in [0.717, 1.165) is 16.5 Å². The molecule has 0 N–H and O–H groups in total. The van der Waals surface area contributed by atoms with Gasteiger partial charge < -0.3 is 4.74 Å². The fourth-order valence-electron chi connectivity index (χ4n) is 1.99. The van der Waals surface area contributed by atoms with E-state index in [-0.39, 0.29) is 10.9 Å². The number of aryl methyl sites for hydroxylation is 1. The SMILES string of the molecule is Cc1cc(Br)c(S(=O)(=O)N(C)C2CCOC2)cc1Br. The molecule has 1 saturated heterocycles. The summed E-state index contributed by atoms with van der Waals surface area (Å²) in [4.78, 5) is 0.277. The monoisotopic (exact) mass is 411 g/mol. The number of rotatable bonds is 3. The Bertz CT molecular complexity index is 583. The molecule has 1 unspecified atom stereocenters. The van der Waals surface area contributed by atoms with Crippen LogP contribution >= 0.6 is 31.9 Å². The van der Waals surface area contributed by atoms with E-state index in [9.17, 15) is 8.42 Å². The van der Waals surface area contributed by atoms with Crippen molar-refractivity contribution >= 4 is 41.9 Å². The zero-order valence-electron chi connectivity index (χ0n) is 10.7. The van der Waals surface area contributed by atoms with Crippen LogP contribution < -0.4 is 0 Å². The first-order chi connectivity index (χ1) is 8.84. The van der Waals surface area contributed by atoms with Gasteiger partial charge in [-0.05, 0) is 47.0 Å². The van der Waals surface area contributed by atoms with Gasteiger partial charge >= 0.3 is 0 Å². The lowest BCUT2D eigenvalue weighted by atomic mass is 10.2. The van der Waals surface area contributed by atoms with Crippen LogP contribution in [0.3, 0.4) is 0 Å². The number of benzene rings is 1. The average molecular weight is 413 g/mol. The van der Waals surface area contributed by atoms with Gasteiger partial charge in [-0.3, -0.25) is 0 Å². The van der Waals surface area contributed by atoms with Crippen LogP contribution in [-0.2, 0) is 14.8 Å². The van der Waals surface area contributed by atoms with Gasteiger partial charge in [-0.2, -0.15) is 4.31 Å². The summed E-state index contributed by atoms with van der Waals surface area (Å²) in [5, 5.41) is 0. The van der Waals surface area contributed by atoms with Crippen molar-refractivity contribution in [1.82, 2.24) is 4.31 Å². The highest BCUT2D eigenvalue weighted by Gasteiger charge is 2.32. The third kappa shape index (κ3) is 3.05. The van der Waals surface area contributed by atoms with Crippen molar-refractivity contribution in [3.05, 3.63) is 26.6 Å². The molecule has 0 aromatic heterocycles. The minimum Gasteiger partial charge on any atom is -0.380 e. The Labute approximate surface area is 130 Å². The molecule has 1 aliphatic rings. The van der Waals surface area contributed by atoms with E-state index in [2.05, 4.69) is 31.9 Å². The first kappa shape index (κ1) is 15.4. The Kier molecular flexibility index (Phi) is 4.72. The molecule has 1 fully saturated rings. The molecular formula is C12H15Br2NO3S. The Balaban J connectivity index is 2.41. The van der Waals surface area contributed by atoms with Crippen LogP contribution in [-0.4, -0.2) is 39.0 Å². The maximum absolute atomic E-state index is 12.6. The summed E-state index contributed by atoms with van der Waals surface area (Å²) in [6.07, 6.45) is 0.736. The van der Waals surface area contributed by atoms with Crippen molar-refractivity contribution in [2.45, 2.75) is 24.3 Å². The molecule has 0 bridgehead atoms. The smallest absolute Gasteiger partial charge is 0.244 e. The third-order valence-corrected chi connectivity index (χ3v) is 7.01. The number of likely N-dealkylation sites (N-methyl/N-ethyl adjacent to an activating group) is 1. The number of sulfonamides is 1. The van der Waals surface area contributed by atoms with E-state index in [1.54, 1.807) is 19.2 Å². The molecule has 2 rings (SSSR count). The number of halogens is 2. The van der Waals surface area contributed by atoms with Crippen LogP contribution in [0.5, 0.6) is 0 Å². The standard InChI is InChI=1S/C12H15Br2NO3S/c1-8-5-11(14)12(6-10(8)13)19(16,17)15(2)9-3-4-18-7-9/h5-6,9H,3-4,7H2,1-2H3. The fourth-order valence-corrected chi connectivity index (χ4v) is 4.99. The third-order valence-electron chi connectivity index (χ3n) is 3.29. The number of hydrogen-bond donors (Lipinski definition) is 0. The predicted molar refractivity (Wildman–Crippen MR) is 80.8 cm³/mol. The summed E-state index contributed by atoms with van der Waals surface area (Å²) in [6.45, 7) is 2.99. The van der Waals surface area contributed by atoms with Crippen LogP contribution in [0, 0.1) is 6.92 Å². The highest BCUT2D eigenvalue weighted by molar-refractivity contribution is 9.11. The summed E-state index contributed by atoms with van der Waals surface area (Å²) in [5.41, 5.74) is 0.984. The fraction of sp³-hybridized carbons (Fsp3) is 0.500. The lowest BCUT2D eigenvalue weighted by molar-refractivity contribution is 0.181. The Hall–Kier alpha value is 0.0500. The van der Waals surface area contributed by atoms with Gasteiger partial charge in [-0.1, -0.05) is 15.9 Å². The summed E-state index contributed by atoms with van der Waals surface area (Å²) >= 11 is 6.71. The molecule has 1 aromatic carbocycles. The van der Waals surface area contributed by atoms with E-state index in [1.807, 2.05) is 6.92 Å². The molecule has 0 spiro atoms. The van der Waals surface area contributed by atoms with Crippen molar-refractivity contribution in [3.8, 4) is 0 Å². The summed E-state index contributed by atoms with van der Waals surface area (Å²) < 4.78 is 33.3. The summed E-state index contributed by atoms with van der Waals surface area (Å²) in [7, 11) is -1.91. The second-order valence-corrected chi connectivity index (χ2v) is 8.25. The topological polar surface area (TPSA) is 46.6 Å². The maximum atomic E-state index is 12.6. The molecule has 106 valence electrons. The molecule has 0 amide bonds. The molecule has 0 radical (unpaired) electrons. The molecule has 0 saturated carbocycles. The Morgan fingerprint density at radius 2 is 2.00 bits per heavy atom. The Morgan fingerprint density at radius 3 is 2.58 bits per heavy atom. The zero-order valence-corrected chi connectivity index (χ0v) is 14.7. The maximum Gasteiger partial charge on any atom is 0.244 e. The van der Waals surface area contributed by atoms with E-state index >= 15 is 0 Å². The van der Waals surface area contributed by atoms with Crippen molar-refractivity contribution in [1.29, 1.82) is 0 Å². The normalized spacial score (nSPS) is 20.2. The van der Waals surface area contributed by atoms with Gasteiger partial charge in [0.2, 0.25) is 10.0 Å². The van der Waals surface area contributed by atoms with Crippen LogP contribution in [0.15, 0.2) is 26.0 Å². The highest BCUT2D eigenvalue weighted by atomic mass is 79.9. The van der Waals surface area contributed by atoms with Crippen LogP contribution in [0.4, 0.5) is 0 Å². The lowest BCUT2D eigenvalue weighted by Crippen LogP contribution is -2.37. The van der Waals surface area contributed by atoms with Gasteiger partial charge in [0.05, 0.1) is 17.5 Å². The van der Waals surface area contributed by atoms with Gasteiger partial charge in [0, 0.05) is 22.6 Å². The summed E-state index contributed by atoms with van der Waals surface area (Å²) in [5.74, 6) is 0. The van der Waals surface area contributed by atoms with E-state index in [0.29, 0.717) is 17.7 Å². The van der Waals surface area contributed by atoms with E-state index < -0.39 is 10.0 Å². The number of nitrogens with zero attached hydrogens (tertiary/aromatic N) is 1. The predicted octanol–water partition coefficient (Wildman–Crippen LogP) is 2.93. The van der Waals surface area contributed by atoms with Crippen LogP contribution in [0.25, 0.3) is 0 Å². The van der Waals surface area contributed by atoms with Crippen LogP contribution in [0.2, 0.25) is 0 Å². The molecule has 1 aliphatic heterocycles. The molecular weight excluding hydrogens is 398 g/mol. The molecule has 1 heterocycles.